The molecule has 8 heteroatoms. The maximum Gasteiger partial charge on any atom is 0.363 e. The molecule has 14 heavy (non-hydrogen) atoms. The molecule has 0 bridgehead atoms. The van der Waals surface area contributed by atoms with Crippen LogP contribution in [-0.2, 0) is 11.2 Å². The Morgan fingerprint density at radius 1 is 1.57 bits per heavy atom. The van der Waals surface area contributed by atoms with Gasteiger partial charge in [0.1, 0.15) is 5.69 Å². The summed E-state index contributed by atoms with van der Waals surface area (Å²) in [6.07, 6.45) is -0.309. The lowest BCUT2D eigenvalue weighted by molar-refractivity contribution is -0.136. The molecule has 0 fully saturated rings. The largest absolute Gasteiger partial charge is 0.481 e. The third kappa shape index (κ3) is 1.97. The van der Waals surface area contributed by atoms with E-state index in [-0.39, 0.29) is 18.5 Å². The summed E-state index contributed by atoms with van der Waals surface area (Å²) >= 11 is 0. The molecule has 1 aromatic heterocycles. The lowest BCUT2D eigenvalue weighted by atomic mass is 10.2. The van der Waals surface area contributed by atoms with E-state index in [4.69, 9.17) is 10.9 Å². The number of hydrogen-bond acceptors (Lipinski definition) is 5. The Morgan fingerprint density at radius 3 is 2.79 bits per heavy atom. The van der Waals surface area contributed by atoms with Gasteiger partial charge in [0.25, 0.3) is 5.56 Å². The van der Waals surface area contributed by atoms with E-state index in [0.717, 1.165) is 0 Å². The number of aromatic nitrogens is 3. The van der Waals surface area contributed by atoms with Gasteiger partial charge in [-0.05, 0) is 0 Å². The lowest BCUT2D eigenvalue weighted by Gasteiger charge is -1.98. The van der Waals surface area contributed by atoms with Crippen molar-refractivity contribution in [2.75, 3.05) is 5.84 Å². The predicted molar refractivity (Wildman–Crippen MR) is 45.2 cm³/mol. The Hall–Kier alpha value is -2.12. The van der Waals surface area contributed by atoms with E-state index in [9.17, 15) is 14.4 Å². The van der Waals surface area contributed by atoms with E-state index in [1.54, 1.807) is 0 Å². The number of hydrogen-bond donors (Lipinski definition) is 3. The minimum atomic E-state index is -1.05. The first kappa shape index (κ1) is 9.96. The molecule has 0 unspecified atom stereocenters. The van der Waals surface area contributed by atoms with E-state index in [2.05, 4.69) is 5.10 Å². The van der Waals surface area contributed by atoms with Crippen LogP contribution in [0.25, 0.3) is 0 Å². The number of carbonyl (C=O) groups is 1. The third-order valence-electron chi connectivity index (χ3n) is 1.55. The van der Waals surface area contributed by atoms with Crippen molar-refractivity contribution in [2.24, 2.45) is 0 Å². The van der Waals surface area contributed by atoms with E-state index in [1.165, 1.54) is 0 Å². The zero-order chi connectivity index (χ0) is 10.7. The second kappa shape index (κ2) is 3.73. The fourth-order valence-electron chi connectivity index (χ4n) is 0.836. The average Bonchev–Trinajstić information content (AvgIpc) is 2.13. The number of nitrogen functional groups attached to an aromatic ring is 1. The topological polar surface area (TPSA) is 131 Å². The average molecular weight is 200 g/mol. The molecule has 0 saturated heterocycles. The Labute approximate surface area is 77.0 Å². The number of H-pyrrole nitrogens is 1. The van der Waals surface area contributed by atoms with Crippen LogP contribution < -0.4 is 17.1 Å². The molecular weight excluding hydrogens is 192 g/mol. The molecule has 0 aliphatic heterocycles. The molecule has 0 aromatic carbocycles. The standard InChI is InChI=1S/C6H8N4O4/c7-10-5(13)3(1-2-4(11)12)8-9-6(10)14/h1-2,7H2,(H,9,14)(H,11,12). The van der Waals surface area contributed by atoms with Crippen LogP contribution >= 0.6 is 0 Å². The summed E-state index contributed by atoms with van der Waals surface area (Å²) in [5.41, 5.74) is -1.70. The molecule has 0 spiro atoms. The first-order chi connectivity index (χ1) is 6.52. The van der Waals surface area contributed by atoms with Gasteiger partial charge in [-0.1, -0.05) is 0 Å². The second-order valence-electron chi connectivity index (χ2n) is 2.54. The van der Waals surface area contributed by atoms with E-state index < -0.39 is 17.2 Å². The summed E-state index contributed by atoms with van der Waals surface area (Å²) in [6, 6.07) is 0. The number of aromatic amines is 1. The number of nitrogens with one attached hydrogen (secondary N) is 1. The van der Waals surface area contributed by atoms with Crippen LogP contribution in [0.5, 0.6) is 0 Å². The number of aryl methyl sites for hydroxylation is 1. The van der Waals surface area contributed by atoms with E-state index >= 15 is 0 Å². The molecule has 4 N–H and O–H groups in total. The van der Waals surface area contributed by atoms with Crippen molar-refractivity contribution in [3.8, 4) is 0 Å². The van der Waals surface area contributed by atoms with Crippen LogP contribution in [-0.4, -0.2) is 25.9 Å². The van der Waals surface area contributed by atoms with Crippen molar-refractivity contribution in [3.05, 3.63) is 26.5 Å². The van der Waals surface area contributed by atoms with Crippen molar-refractivity contribution in [1.82, 2.24) is 14.9 Å². The Balaban J connectivity index is 3.01. The van der Waals surface area contributed by atoms with Crippen molar-refractivity contribution >= 4 is 5.97 Å². The first-order valence-electron chi connectivity index (χ1n) is 3.70. The number of carboxylic acids is 1. The lowest BCUT2D eigenvalue weighted by Crippen LogP contribution is -2.43. The van der Waals surface area contributed by atoms with Gasteiger partial charge in [-0.2, -0.15) is 9.77 Å². The van der Waals surface area contributed by atoms with Crippen molar-refractivity contribution < 1.29 is 9.90 Å². The molecule has 0 amide bonds. The van der Waals surface area contributed by atoms with E-state index in [0.29, 0.717) is 4.68 Å². The van der Waals surface area contributed by atoms with Crippen LogP contribution in [0.2, 0.25) is 0 Å². The van der Waals surface area contributed by atoms with Crippen LogP contribution in [0.1, 0.15) is 12.1 Å². The summed E-state index contributed by atoms with van der Waals surface area (Å²) in [6.45, 7) is 0. The summed E-state index contributed by atoms with van der Waals surface area (Å²) in [5.74, 6) is 4.01. The van der Waals surface area contributed by atoms with Gasteiger partial charge < -0.3 is 10.9 Å². The number of rotatable bonds is 3. The first-order valence-corrected chi connectivity index (χ1v) is 3.70. The molecule has 1 rings (SSSR count). The van der Waals surface area contributed by atoms with Crippen LogP contribution in [0.4, 0.5) is 0 Å². The third-order valence-corrected chi connectivity index (χ3v) is 1.55. The van der Waals surface area contributed by atoms with Gasteiger partial charge >= 0.3 is 11.7 Å². The molecule has 0 atom stereocenters. The Bertz CT molecular complexity index is 460. The van der Waals surface area contributed by atoms with E-state index in [1.807, 2.05) is 5.10 Å². The van der Waals surface area contributed by atoms with Gasteiger partial charge in [0.15, 0.2) is 0 Å². The summed E-state index contributed by atoms with van der Waals surface area (Å²) in [4.78, 5) is 32.1. The molecule has 76 valence electrons. The van der Waals surface area contributed by atoms with Gasteiger partial charge in [0.2, 0.25) is 0 Å². The molecule has 1 aromatic rings. The minimum absolute atomic E-state index is 0.0673. The predicted octanol–water partition coefficient (Wildman–Crippen LogP) is -2.34. The van der Waals surface area contributed by atoms with Gasteiger partial charge in [-0.25, -0.2) is 9.89 Å². The monoisotopic (exact) mass is 200 g/mol. The zero-order valence-electron chi connectivity index (χ0n) is 7.06. The van der Waals surface area contributed by atoms with Gasteiger partial charge in [-0.3, -0.25) is 9.59 Å². The molecule has 0 radical (unpaired) electrons. The molecule has 0 aliphatic rings. The fraction of sp³-hybridized carbons (Fsp3) is 0.333. The smallest absolute Gasteiger partial charge is 0.363 e. The second-order valence-corrected chi connectivity index (χ2v) is 2.54. The highest BCUT2D eigenvalue weighted by molar-refractivity contribution is 5.66. The van der Waals surface area contributed by atoms with Crippen LogP contribution in [0, 0.1) is 0 Å². The fourth-order valence-corrected chi connectivity index (χ4v) is 0.836. The number of nitrogens with zero attached hydrogens (tertiary/aromatic N) is 2. The number of carboxylic acid groups (broad SMARTS) is 1. The van der Waals surface area contributed by atoms with Crippen molar-refractivity contribution in [2.45, 2.75) is 12.8 Å². The maximum atomic E-state index is 11.2. The molecular formula is C6H8N4O4. The van der Waals surface area contributed by atoms with Gasteiger partial charge in [-0.15, -0.1) is 0 Å². The molecule has 8 nitrogen and oxygen atoms in total. The van der Waals surface area contributed by atoms with Crippen molar-refractivity contribution in [1.29, 1.82) is 0 Å². The van der Waals surface area contributed by atoms with Gasteiger partial charge in [0.05, 0.1) is 6.42 Å². The summed E-state index contributed by atoms with van der Waals surface area (Å²) in [7, 11) is 0. The van der Waals surface area contributed by atoms with Crippen LogP contribution in [0.3, 0.4) is 0 Å². The SMILES string of the molecule is Nn1c(=O)[nH]nc(CCC(=O)O)c1=O. The highest BCUT2D eigenvalue weighted by Crippen LogP contribution is 1.89. The van der Waals surface area contributed by atoms with Crippen molar-refractivity contribution in [3.63, 3.8) is 0 Å². The molecule has 0 aliphatic carbocycles. The number of aliphatic carboxylic acids is 1. The quantitative estimate of drug-likeness (QED) is 0.468. The van der Waals surface area contributed by atoms with Crippen LogP contribution in [0.15, 0.2) is 9.59 Å². The Kier molecular flexibility index (Phi) is 2.65. The molecule has 0 saturated carbocycles. The zero-order valence-corrected chi connectivity index (χ0v) is 7.06. The summed E-state index contributed by atoms with van der Waals surface area (Å²) < 4.78 is 0.351. The normalized spacial score (nSPS) is 10.0. The number of nitrogens with two attached hydrogens (primary N) is 1. The molecule has 1 heterocycles. The minimum Gasteiger partial charge on any atom is -0.481 e. The maximum absolute atomic E-state index is 11.2. The van der Waals surface area contributed by atoms with Gasteiger partial charge in [0, 0.05) is 6.42 Å². The Morgan fingerprint density at radius 2 is 2.21 bits per heavy atom. The highest BCUT2D eigenvalue weighted by atomic mass is 16.4. The highest BCUT2D eigenvalue weighted by Gasteiger charge is 2.08. The summed E-state index contributed by atoms with van der Waals surface area (Å²) in [5, 5.41) is 13.7.